The van der Waals surface area contributed by atoms with Crippen LogP contribution in [0.2, 0.25) is 5.02 Å². The number of carbonyl (C=O) groups excluding carboxylic acids is 1. The van der Waals surface area contributed by atoms with Gasteiger partial charge in [0.25, 0.3) is 5.91 Å². The van der Waals surface area contributed by atoms with Crippen molar-refractivity contribution in [2.45, 2.75) is 38.8 Å². The van der Waals surface area contributed by atoms with Crippen LogP contribution in [0.3, 0.4) is 0 Å². The van der Waals surface area contributed by atoms with Gasteiger partial charge in [-0.3, -0.25) is 4.79 Å². The maximum Gasteiger partial charge on any atom is 0.263 e. The first-order valence-corrected chi connectivity index (χ1v) is 8.93. The lowest BCUT2D eigenvalue weighted by molar-refractivity contribution is -0.133. The largest absolute Gasteiger partial charge is 0.382 e. The Labute approximate surface area is 157 Å². The van der Waals surface area contributed by atoms with Gasteiger partial charge in [-0.05, 0) is 55.7 Å². The van der Waals surface area contributed by atoms with E-state index in [2.05, 4.69) is 27.8 Å². The predicted octanol–water partition coefficient (Wildman–Crippen LogP) is 3.04. The van der Waals surface area contributed by atoms with Crippen LogP contribution < -0.4 is 10.2 Å². The molecule has 0 aliphatic carbocycles. The maximum absolute atomic E-state index is 12.4. The third-order valence-corrected chi connectivity index (χ3v) is 4.34. The van der Waals surface area contributed by atoms with E-state index >= 15 is 0 Å². The van der Waals surface area contributed by atoms with Crippen LogP contribution in [0.1, 0.15) is 25.8 Å². The SMILES string of the molecule is C[C@H](CCc1ccccc1)NC(=O)[C@@H](C)On1nnc2ccc(Cl)cc21. The van der Waals surface area contributed by atoms with Crippen molar-refractivity contribution in [3.05, 3.63) is 59.1 Å². The van der Waals surface area contributed by atoms with Crippen molar-refractivity contribution in [1.29, 1.82) is 0 Å². The molecule has 0 unspecified atom stereocenters. The second kappa shape index (κ2) is 8.19. The minimum absolute atomic E-state index is 0.0377. The molecule has 0 saturated heterocycles. The number of hydrogen-bond acceptors (Lipinski definition) is 4. The normalized spacial score (nSPS) is 13.3. The molecule has 7 heteroatoms. The van der Waals surface area contributed by atoms with E-state index < -0.39 is 6.10 Å². The number of halogens is 1. The molecule has 1 N–H and O–H groups in total. The zero-order valence-electron chi connectivity index (χ0n) is 14.7. The summed E-state index contributed by atoms with van der Waals surface area (Å²) in [5, 5.41) is 11.4. The Kier molecular flexibility index (Phi) is 5.73. The fourth-order valence-corrected chi connectivity index (χ4v) is 2.77. The van der Waals surface area contributed by atoms with Gasteiger partial charge in [-0.25, -0.2) is 0 Å². The highest BCUT2D eigenvalue weighted by Gasteiger charge is 2.19. The lowest BCUT2D eigenvalue weighted by Gasteiger charge is -2.18. The number of amides is 1. The third-order valence-electron chi connectivity index (χ3n) is 4.10. The Morgan fingerprint density at radius 2 is 2.00 bits per heavy atom. The second-order valence-electron chi connectivity index (χ2n) is 6.28. The molecular weight excluding hydrogens is 352 g/mol. The number of nitrogens with zero attached hydrogens (tertiary/aromatic N) is 3. The first-order valence-electron chi connectivity index (χ1n) is 8.55. The molecule has 0 fully saturated rings. The summed E-state index contributed by atoms with van der Waals surface area (Å²) in [4.78, 5) is 19.2. The number of aryl methyl sites for hydroxylation is 1. The number of rotatable bonds is 7. The van der Waals surface area contributed by atoms with E-state index in [4.69, 9.17) is 16.4 Å². The molecule has 0 bridgehead atoms. The van der Waals surface area contributed by atoms with Crippen molar-refractivity contribution in [3.63, 3.8) is 0 Å². The second-order valence-corrected chi connectivity index (χ2v) is 6.71. The Hall–Kier alpha value is -2.60. The van der Waals surface area contributed by atoms with Gasteiger partial charge in [0.05, 0.1) is 0 Å². The fraction of sp³-hybridized carbons (Fsp3) is 0.316. The summed E-state index contributed by atoms with van der Waals surface area (Å²) in [6.45, 7) is 3.66. The van der Waals surface area contributed by atoms with Gasteiger partial charge in [0.2, 0.25) is 6.10 Å². The molecule has 0 radical (unpaired) electrons. The van der Waals surface area contributed by atoms with E-state index in [0.29, 0.717) is 16.1 Å². The molecule has 2 aromatic carbocycles. The van der Waals surface area contributed by atoms with Gasteiger partial charge in [-0.1, -0.05) is 46.8 Å². The molecule has 136 valence electrons. The Bertz CT molecular complexity index is 882. The van der Waals surface area contributed by atoms with Crippen LogP contribution in [0, 0.1) is 0 Å². The summed E-state index contributed by atoms with van der Waals surface area (Å²) in [6.07, 6.45) is 1.05. The average molecular weight is 373 g/mol. The summed E-state index contributed by atoms with van der Waals surface area (Å²) in [5.74, 6) is -0.198. The lowest BCUT2D eigenvalue weighted by atomic mass is 10.1. The van der Waals surface area contributed by atoms with Gasteiger partial charge in [-0.2, -0.15) is 0 Å². The first-order chi connectivity index (χ1) is 12.5. The topological polar surface area (TPSA) is 69.0 Å². The molecule has 0 spiro atoms. The first kappa shape index (κ1) is 18.2. The monoisotopic (exact) mass is 372 g/mol. The number of hydrogen-bond donors (Lipinski definition) is 1. The predicted molar refractivity (Wildman–Crippen MR) is 101 cm³/mol. The highest BCUT2D eigenvalue weighted by molar-refractivity contribution is 6.31. The van der Waals surface area contributed by atoms with Gasteiger partial charge >= 0.3 is 0 Å². The minimum atomic E-state index is -0.710. The molecule has 3 rings (SSSR count). The van der Waals surface area contributed by atoms with Gasteiger partial charge in [0.15, 0.2) is 0 Å². The van der Waals surface area contributed by atoms with E-state index in [1.165, 1.54) is 10.4 Å². The molecule has 26 heavy (non-hydrogen) atoms. The van der Waals surface area contributed by atoms with Crippen LogP contribution >= 0.6 is 11.6 Å². The number of nitrogens with one attached hydrogen (secondary N) is 1. The van der Waals surface area contributed by atoms with Crippen molar-refractivity contribution in [1.82, 2.24) is 20.5 Å². The molecule has 1 amide bonds. The van der Waals surface area contributed by atoms with E-state index in [-0.39, 0.29) is 11.9 Å². The molecule has 3 aromatic rings. The van der Waals surface area contributed by atoms with Gasteiger partial charge in [0, 0.05) is 11.1 Å². The number of benzene rings is 2. The van der Waals surface area contributed by atoms with Crippen molar-refractivity contribution in [3.8, 4) is 0 Å². The standard InChI is InChI=1S/C19H21ClN4O2/c1-13(8-9-15-6-4-3-5-7-15)21-19(25)14(2)26-24-18-12-16(20)10-11-17(18)22-23-24/h3-7,10-14H,8-9H2,1-2H3,(H,21,25)/t13-,14-/m1/s1. The molecule has 0 saturated carbocycles. The molecule has 0 aliphatic rings. The van der Waals surface area contributed by atoms with Gasteiger partial charge < -0.3 is 10.2 Å². The van der Waals surface area contributed by atoms with E-state index in [1.807, 2.05) is 25.1 Å². The Balaban J connectivity index is 1.54. The van der Waals surface area contributed by atoms with Crippen LogP contribution in [0.4, 0.5) is 0 Å². The van der Waals surface area contributed by atoms with Crippen molar-refractivity contribution >= 4 is 28.5 Å². The molecule has 2 atom stereocenters. The van der Waals surface area contributed by atoms with Crippen LogP contribution in [-0.4, -0.2) is 33.2 Å². The van der Waals surface area contributed by atoms with Crippen LogP contribution in [-0.2, 0) is 11.2 Å². The number of aromatic nitrogens is 3. The Morgan fingerprint density at radius 1 is 1.23 bits per heavy atom. The van der Waals surface area contributed by atoms with Gasteiger partial charge in [-0.15, -0.1) is 5.10 Å². The summed E-state index contributed by atoms with van der Waals surface area (Å²) in [5.41, 5.74) is 2.52. The third kappa shape index (κ3) is 4.52. The summed E-state index contributed by atoms with van der Waals surface area (Å²) < 4.78 is 0. The average Bonchev–Trinajstić information content (AvgIpc) is 3.02. The number of fused-ring (bicyclic) bond motifs is 1. The zero-order chi connectivity index (χ0) is 18.5. The fourth-order valence-electron chi connectivity index (χ4n) is 2.61. The summed E-state index contributed by atoms with van der Waals surface area (Å²) >= 11 is 6.00. The number of carbonyl (C=O) groups is 1. The highest BCUT2D eigenvalue weighted by Crippen LogP contribution is 2.16. The van der Waals surface area contributed by atoms with Crippen LogP contribution in [0.25, 0.3) is 11.0 Å². The molecule has 1 aromatic heterocycles. The molecule has 0 aliphatic heterocycles. The van der Waals surface area contributed by atoms with Crippen molar-refractivity contribution in [2.75, 3.05) is 0 Å². The van der Waals surface area contributed by atoms with Crippen LogP contribution in [0.15, 0.2) is 48.5 Å². The van der Waals surface area contributed by atoms with E-state index in [1.54, 1.807) is 25.1 Å². The summed E-state index contributed by atoms with van der Waals surface area (Å²) in [6, 6.07) is 15.4. The zero-order valence-corrected chi connectivity index (χ0v) is 15.5. The maximum atomic E-state index is 12.4. The molecule has 6 nitrogen and oxygen atoms in total. The highest BCUT2D eigenvalue weighted by atomic mass is 35.5. The summed E-state index contributed by atoms with van der Waals surface area (Å²) in [7, 11) is 0. The Morgan fingerprint density at radius 3 is 2.77 bits per heavy atom. The van der Waals surface area contributed by atoms with Crippen LogP contribution in [0.5, 0.6) is 0 Å². The van der Waals surface area contributed by atoms with E-state index in [0.717, 1.165) is 12.8 Å². The lowest BCUT2D eigenvalue weighted by Crippen LogP contribution is -2.43. The smallest absolute Gasteiger partial charge is 0.263 e. The minimum Gasteiger partial charge on any atom is -0.382 e. The molecular formula is C19H21ClN4O2. The molecule has 1 heterocycles. The quantitative estimate of drug-likeness (QED) is 0.692. The van der Waals surface area contributed by atoms with Crippen molar-refractivity contribution in [2.24, 2.45) is 0 Å². The van der Waals surface area contributed by atoms with Crippen molar-refractivity contribution < 1.29 is 9.63 Å². The van der Waals surface area contributed by atoms with E-state index in [9.17, 15) is 4.79 Å². The van der Waals surface area contributed by atoms with Gasteiger partial charge in [0.1, 0.15) is 11.0 Å².